The van der Waals surface area contributed by atoms with Crippen LogP contribution in [0.2, 0.25) is 0 Å². The van der Waals surface area contributed by atoms with Gasteiger partial charge in [0.2, 0.25) is 0 Å². The lowest BCUT2D eigenvalue weighted by atomic mass is 9.94. The predicted molar refractivity (Wildman–Crippen MR) is 122 cm³/mol. The van der Waals surface area contributed by atoms with Gasteiger partial charge in [-0.05, 0) is 26.0 Å². The Bertz CT molecular complexity index is 999. The number of ether oxygens (including phenoxy) is 2. The lowest BCUT2D eigenvalue weighted by molar-refractivity contribution is -0.895. The van der Waals surface area contributed by atoms with Crippen LogP contribution < -0.4 is 14.4 Å². The number of hydrogen-bond acceptors (Lipinski definition) is 5. The van der Waals surface area contributed by atoms with Crippen LogP contribution in [0, 0.1) is 0 Å². The number of carbonyl (C=O) groups is 2. The zero-order valence-electron chi connectivity index (χ0n) is 19.1. The number of benzene rings is 2. The fourth-order valence-corrected chi connectivity index (χ4v) is 4.11. The van der Waals surface area contributed by atoms with Crippen molar-refractivity contribution in [3.8, 4) is 11.5 Å². The minimum Gasteiger partial charge on any atom is -0.507 e. The van der Waals surface area contributed by atoms with Crippen molar-refractivity contribution in [3.63, 3.8) is 0 Å². The molecule has 0 unspecified atom stereocenters. The lowest BCUT2D eigenvalue weighted by Gasteiger charge is -2.28. The van der Waals surface area contributed by atoms with Gasteiger partial charge in [0.15, 0.2) is 0 Å². The molecule has 2 aromatic carbocycles. The van der Waals surface area contributed by atoms with Gasteiger partial charge >= 0.3 is 0 Å². The van der Waals surface area contributed by atoms with Gasteiger partial charge in [-0.2, -0.15) is 0 Å². The van der Waals surface area contributed by atoms with Gasteiger partial charge in [-0.25, -0.2) is 0 Å². The number of Topliss-reactive ketones (excluding diaryl/α,β-unsaturated/α-hetero) is 1. The van der Waals surface area contributed by atoms with Crippen molar-refractivity contribution in [1.29, 1.82) is 0 Å². The van der Waals surface area contributed by atoms with Gasteiger partial charge in [-0.1, -0.05) is 30.3 Å². The molecule has 2 aromatic rings. The summed E-state index contributed by atoms with van der Waals surface area (Å²) in [5.74, 6) is -0.418. The highest BCUT2D eigenvalue weighted by Crippen LogP contribution is 2.43. The van der Waals surface area contributed by atoms with Crippen molar-refractivity contribution in [2.45, 2.75) is 19.9 Å². The van der Waals surface area contributed by atoms with Crippen molar-refractivity contribution < 1.29 is 29.1 Å². The maximum absolute atomic E-state index is 13.1. The molecule has 0 aromatic heterocycles. The third kappa shape index (κ3) is 4.48. The number of nitrogens with zero attached hydrogens (tertiary/aromatic N) is 1. The molecule has 1 amide bonds. The predicted octanol–water partition coefficient (Wildman–Crippen LogP) is 2.05. The Labute approximate surface area is 188 Å². The van der Waals surface area contributed by atoms with E-state index in [1.165, 1.54) is 12.0 Å². The van der Waals surface area contributed by atoms with E-state index in [9.17, 15) is 14.7 Å². The zero-order valence-corrected chi connectivity index (χ0v) is 19.1. The quantitative estimate of drug-likeness (QED) is 0.355. The smallest absolute Gasteiger partial charge is 0.295 e. The van der Waals surface area contributed by atoms with Gasteiger partial charge in [0, 0.05) is 17.2 Å². The van der Waals surface area contributed by atoms with Crippen LogP contribution in [0.3, 0.4) is 0 Å². The normalized spacial score (nSPS) is 17.8. The Morgan fingerprint density at radius 3 is 2.31 bits per heavy atom. The number of nitrogens with one attached hydrogen (secondary N) is 1. The Morgan fingerprint density at radius 1 is 1.03 bits per heavy atom. The molecule has 0 bridgehead atoms. The van der Waals surface area contributed by atoms with E-state index in [-0.39, 0.29) is 11.3 Å². The number of aliphatic hydroxyl groups is 1. The van der Waals surface area contributed by atoms with Crippen LogP contribution in [-0.2, 0) is 9.59 Å². The first-order valence-corrected chi connectivity index (χ1v) is 10.9. The summed E-state index contributed by atoms with van der Waals surface area (Å²) < 4.78 is 10.9. The number of quaternary nitrogens is 1. The Hall–Kier alpha value is -3.32. The van der Waals surface area contributed by atoms with Gasteiger partial charge in [-0.15, -0.1) is 0 Å². The molecule has 7 nitrogen and oxygen atoms in total. The molecule has 0 spiro atoms. The molecule has 1 heterocycles. The van der Waals surface area contributed by atoms with Crippen molar-refractivity contribution >= 4 is 17.4 Å². The molecule has 32 heavy (non-hydrogen) atoms. The molecule has 7 heteroatoms. The third-order valence-electron chi connectivity index (χ3n) is 6.03. The molecule has 2 N–H and O–H groups in total. The first kappa shape index (κ1) is 23.3. The summed E-state index contributed by atoms with van der Waals surface area (Å²) in [6.07, 6.45) is 0. The van der Waals surface area contributed by atoms with Crippen LogP contribution in [-0.4, -0.2) is 62.1 Å². The monoisotopic (exact) mass is 439 g/mol. The lowest BCUT2D eigenvalue weighted by Crippen LogP contribution is -3.12. The average Bonchev–Trinajstić information content (AvgIpc) is 3.09. The molecule has 1 fully saturated rings. The third-order valence-corrected chi connectivity index (χ3v) is 6.03. The molecular formula is C25H31N2O5+. The molecule has 0 saturated carbocycles. The SMILES string of the molecule is CC[NH+](CC)CCN1C(=O)C(=O)C(=C(O)c2ccccc2)[C@H]1c1ccc(OC)cc1OC. The second-order valence-corrected chi connectivity index (χ2v) is 7.67. The first-order valence-electron chi connectivity index (χ1n) is 10.9. The summed E-state index contributed by atoms with van der Waals surface area (Å²) >= 11 is 0. The average molecular weight is 440 g/mol. The first-order chi connectivity index (χ1) is 15.5. The van der Waals surface area contributed by atoms with Gasteiger partial charge in [-0.3, -0.25) is 9.59 Å². The van der Waals surface area contributed by atoms with Crippen molar-refractivity contribution in [2.24, 2.45) is 0 Å². The summed E-state index contributed by atoms with van der Waals surface area (Å²) in [5.41, 5.74) is 1.18. The molecule has 0 radical (unpaired) electrons. The van der Waals surface area contributed by atoms with Gasteiger partial charge < -0.3 is 24.4 Å². The minimum absolute atomic E-state index is 0.0687. The van der Waals surface area contributed by atoms with E-state index in [0.717, 1.165) is 13.1 Å². The topological polar surface area (TPSA) is 80.5 Å². The van der Waals surface area contributed by atoms with E-state index in [1.54, 1.807) is 54.5 Å². The molecule has 1 atom stereocenters. The second-order valence-electron chi connectivity index (χ2n) is 7.67. The number of carbonyl (C=O) groups excluding carboxylic acids is 2. The van der Waals surface area contributed by atoms with Crippen LogP contribution >= 0.6 is 0 Å². The highest BCUT2D eigenvalue weighted by Gasteiger charge is 2.47. The Kier molecular flexibility index (Phi) is 7.53. The van der Waals surface area contributed by atoms with Crippen molar-refractivity contribution in [2.75, 3.05) is 40.4 Å². The molecule has 1 aliphatic rings. The highest BCUT2D eigenvalue weighted by atomic mass is 16.5. The number of aliphatic hydroxyl groups excluding tert-OH is 1. The molecule has 170 valence electrons. The van der Waals surface area contributed by atoms with Gasteiger partial charge in [0.05, 0.1) is 52.0 Å². The van der Waals surface area contributed by atoms with E-state index in [2.05, 4.69) is 13.8 Å². The minimum atomic E-state index is -0.758. The van der Waals surface area contributed by atoms with Gasteiger partial charge in [0.25, 0.3) is 11.7 Å². The van der Waals surface area contributed by atoms with Crippen LogP contribution in [0.15, 0.2) is 54.1 Å². The summed E-state index contributed by atoms with van der Waals surface area (Å²) in [5, 5.41) is 11.1. The second kappa shape index (κ2) is 10.3. The summed E-state index contributed by atoms with van der Waals surface area (Å²) in [4.78, 5) is 29.1. The van der Waals surface area contributed by atoms with Crippen LogP contribution in [0.5, 0.6) is 11.5 Å². The van der Waals surface area contributed by atoms with Crippen molar-refractivity contribution in [1.82, 2.24) is 4.90 Å². The number of ketones is 1. The van der Waals surface area contributed by atoms with Crippen LogP contribution in [0.1, 0.15) is 31.0 Å². The van der Waals surface area contributed by atoms with Gasteiger partial charge in [0.1, 0.15) is 17.3 Å². The number of likely N-dealkylation sites (N-methyl/N-ethyl adjacent to an activating group) is 1. The largest absolute Gasteiger partial charge is 0.507 e. The van der Waals surface area contributed by atoms with E-state index in [1.807, 2.05) is 6.07 Å². The molecule has 1 aliphatic heterocycles. The fraction of sp³-hybridized carbons (Fsp3) is 0.360. The molecule has 3 rings (SSSR count). The number of hydrogen-bond donors (Lipinski definition) is 2. The van der Waals surface area contributed by atoms with E-state index < -0.39 is 17.7 Å². The zero-order chi connectivity index (χ0) is 23.3. The van der Waals surface area contributed by atoms with Crippen LogP contribution in [0.4, 0.5) is 0 Å². The highest BCUT2D eigenvalue weighted by molar-refractivity contribution is 6.46. The fourth-order valence-electron chi connectivity index (χ4n) is 4.11. The Balaban J connectivity index is 2.16. The molecule has 1 saturated heterocycles. The standard InChI is InChI=1S/C25H30N2O5/c1-5-26(6-2)14-15-27-22(19-13-12-18(31-3)16-20(19)32-4)21(24(29)25(27)30)23(28)17-10-8-7-9-11-17/h7-13,16,22,28H,5-6,14-15H2,1-4H3/p+1/t22-/m1/s1. The number of methoxy groups -OCH3 is 2. The summed E-state index contributed by atoms with van der Waals surface area (Å²) in [6, 6.07) is 13.3. The number of likely N-dealkylation sites (tertiary alicyclic amines) is 1. The van der Waals surface area contributed by atoms with E-state index in [4.69, 9.17) is 9.47 Å². The number of amides is 1. The maximum Gasteiger partial charge on any atom is 0.295 e. The maximum atomic E-state index is 13.1. The number of rotatable bonds is 9. The summed E-state index contributed by atoms with van der Waals surface area (Å²) in [7, 11) is 3.09. The summed E-state index contributed by atoms with van der Waals surface area (Å²) in [6.45, 7) is 7.09. The molecular weight excluding hydrogens is 408 g/mol. The Morgan fingerprint density at radius 2 is 1.72 bits per heavy atom. The van der Waals surface area contributed by atoms with Crippen molar-refractivity contribution in [3.05, 3.63) is 65.2 Å². The van der Waals surface area contributed by atoms with E-state index >= 15 is 0 Å². The van der Waals surface area contributed by atoms with E-state index in [0.29, 0.717) is 35.7 Å². The van der Waals surface area contributed by atoms with Crippen LogP contribution in [0.25, 0.3) is 5.76 Å². The molecule has 0 aliphatic carbocycles.